The fourth-order valence-electron chi connectivity index (χ4n) is 2.13. The number of benzene rings is 2. The van der Waals surface area contributed by atoms with E-state index < -0.39 is 0 Å². The highest BCUT2D eigenvalue weighted by atomic mass is 16.5. The van der Waals surface area contributed by atoms with Crippen molar-refractivity contribution >= 4 is 11.6 Å². The number of amides is 1. The minimum atomic E-state index is -0.268. The van der Waals surface area contributed by atoms with Crippen molar-refractivity contribution in [2.75, 3.05) is 39.9 Å². The van der Waals surface area contributed by atoms with E-state index in [9.17, 15) is 4.79 Å². The summed E-state index contributed by atoms with van der Waals surface area (Å²) < 4.78 is 21.0. The van der Waals surface area contributed by atoms with Crippen molar-refractivity contribution in [3.8, 4) is 17.2 Å². The van der Waals surface area contributed by atoms with Crippen LogP contribution in [0, 0.1) is 0 Å². The number of para-hydroxylation sites is 1. The first-order chi connectivity index (χ1) is 11.7. The van der Waals surface area contributed by atoms with Crippen molar-refractivity contribution in [3.05, 3.63) is 48.0 Å². The number of carbonyl (C=O) groups is 1. The third kappa shape index (κ3) is 4.39. The van der Waals surface area contributed by atoms with Gasteiger partial charge in [0.1, 0.15) is 12.4 Å². The lowest BCUT2D eigenvalue weighted by molar-refractivity contribution is 0.101. The zero-order valence-corrected chi connectivity index (χ0v) is 14.0. The molecule has 128 valence electrons. The summed E-state index contributed by atoms with van der Waals surface area (Å²) in [6.45, 7) is 0.822. The van der Waals surface area contributed by atoms with Gasteiger partial charge in [0.25, 0.3) is 5.91 Å². The fourth-order valence-corrected chi connectivity index (χ4v) is 2.13. The fraction of sp³-hybridized carbons (Fsp3) is 0.278. The van der Waals surface area contributed by atoms with Crippen LogP contribution in [0.1, 0.15) is 10.4 Å². The molecule has 0 fully saturated rings. The Labute approximate surface area is 141 Å². The third-order valence-electron chi connectivity index (χ3n) is 3.32. The summed E-state index contributed by atoms with van der Waals surface area (Å²) in [5.41, 5.74) is 1.05. The molecule has 0 spiro atoms. The van der Waals surface area contributed by atoms with E-state index in [0.717, 1.165) is 0 Å². The van der Waals surface area contributed by atoms with Gasteiger partial charge in [0, 0.05) is 18.9 Å². The predicted molar refractivity (Wildman–Crippen MR) is 91.3 cm³/mol. The molecule has 2 aromatic rings. The summed E-state index contributed by atoms with van der Waals surface area (Å²) in [7, 11) is 4.70. The molecule has 2 rings (SSSR count). The molecule has 1 N–H and O–H groups in total. The van der Waals surface area contributed by atoms with Crippen molar-refractivity contribution in [1.29, 1.82) is 0 Å². The highest BCUT2D eigenvalue weighted by Crippen LogP contribution is 2.30. The standard InChI is InChI=1S/C18H21NO5/c1-21-10-11-24-15-7-5-4-6-14(15)18(20)19-13-8-9-16(22-2)17(12-13)23-3/h4-9,12H,10-11H2,1-3H3,(H,19,20). The van der Waals surface area contributed by atoms with Crippen LogP contribution in [0.25, 0.3) is 0 Å². The van der Waals surface area contributed by atoms with E-state index in [-0.39, 0.29) is 5.91 Å². The molecule has 0 heterocycles. The van der Waals surface area contributed by atoms with E-state index in [1.54, 1.807) is 57.7 Å². The van der Waals surface area contributed by atoms with Crippen LogP contribution >= 0.6 is 0 Å². The second-order valence-electron chi connectivity index (χ2n) is 4.86. The lowest BCUT2D eigenvalue weighted by atomic mass is 10.1. The molecule has 0 aliphatic heterocycles. The van der Waals surface area contributed by atoms with Crippen LogP contribution in [0.3, 0.4) is 0 Å². The summed E-state index contributed by atoms with van der Waals surface area (Å²) in [6.07, 6.45) is 0. The molecule has 6 nitrogen and oxygen atoms in total. The Morgan fingerprint density at radius 1 is 0.917 bits per heavy atom. The van der Waals surface area contributed by atoms with Crippen molar-refractivity contribution in [2.45, 2.75) is 0 Å². The number of carbonyl (C=O) groups excluding carboxylic acids is 1. The highest BCUT2D eigenvalue weighted by Gasteiger charge is 2.13. The smallest absolute Gasteiger partial charge is 0.259 e. The second kappa shape index (κ2) is 8.79. The van der Waals surface area contributed by atoms with Gasteiger partial charge in [0.15, 0.2) is 11.5 Å². The first kappa shape index (κ1) is 17.6. The van der Waals surface area contributed by atoms with Gasteiger partial charge in [-0.05, 0) is 24.3 Å². The van der Waals surface area contributed by atoms with Crippen LogP contribution in [0.15, 0.2) is 42.5 Å². The van der Waals surface area contributed by atoms with Crippen LogP contribution in [0.5, 0.6) is 17.2 Å². The minimum absolute atomic E-state index is 0.268. The molecule has 0 saturated heterocycles. The Balaban J connectivity index is 2.15. The maximum Gasteiger partial charge on any atom is 0.259 e. The van der Waals surface area contributed by atoms with Crippen molar-refractivity contribution < 1.29 is 23.7 Å². The van der Waals surface area contributed by atoms with E-state index in [1.807, 2.05) is 6.07 Å². The lowest BCUT2D eigenvalue weighted by Crippen LogP contribution is -2.15. The summed E-state index contributed by atoms with van der Waals surface area (Å²) in [5.74, 6) is 1.38. The summed E-state index contributed by atoms with van der Waals surface area (Å²) in [6, 6.07) is 12.2. The Morgan fingerprint density at radius 2 is 1.67 bits per heavy atom. The first-order valence-electron chi connectivity index (χ1n) is 7.43. The molecule has 6 heteroatoms. The zero-order chi connectivity index (χ0) is 17.4. The number of nitrogens with one attached hydrogen (secondary N) is 1. The third-order valence-corrected chi connectivity index (χ3v) is 3.32. The van der Waals surface area contributed by atoms with Gasteiger partial charge in [-0.2, -0.15) is 0 Å². The molecule has 0 atom stereocenters. The molecule has 0 aliphatic carbocycles. The van der Waals surface area contributed by atoms with Gasteiger partial charge in [-0.15, -0.1) is 0 Å². The molecule has 0 radical (unpaired) electrons. The van der Waals surface area contributed by atoms with E-state index in [1.165, 1.54) is 0 Å². The molecule has 2 aromatic carbocycles. The normalized spacial score (nSPS) is 10.1. The van der Waals surface area contributed by atoms with E-state index in [4.69, 9.17) is 18.9 Å². The van der Waals surface area contributed by atoms with Gasteiger partial charge in [0.2, 0.25) is 0 Å². The van der Waals surface area contributed by atoms with E-state index >= 15 is 0 Å². The minimum Gasteiger partial charge on any atom is -0.493 e. The Hall–Kier alpha value is -2.73. The number of hydrogen-bond donors (Lipinski definition) is 1. The Morgan fingerprint density at radius 3 is 2.38 bits per heavy atom. The molecule has 24 heavy (non-hydrogen) atoms. The largest absolute Gasteiger partial charge is 0.493 e. The molecule has 0 saturated carbocycles. The van der Waals surface area contributed by atoms with Crippen LogP contribution in [0.4, 0.5) is 5.69 Å². The van der Waals surface area contributed by atoms with Crippen LogP contribution in [-0.2, 0) is 4.74 Å². The average molecular weight is 331 g/mol. The topological polar surface area (TPSA) is 66.0 Å². The SMILES string of the molecule is COCCOc1ccccc1C(=O)Nc1ccc(OC)c(OC)c1. The number of ether oxygens (including phenoxy) is 4. The Kier molecular flexibility index (Phi) is 6.45. The van der Waals surface area contributed by atoms with E-state index in [2.05, 4.69) is 5.32 Å². The highest BCUT2D eigenvalue weighted by molar-refractivity contribution is 6.06. The van der Waals surface area contributed by atoms with Gasteiger partial charge in [-0.1, -0.05) is 12.1 Å². The van der Waals surface area contributed by atoms with Crippen molar-refractivity contribution in [3.63, 3.8) is 0 Å². The predicted octanol–water partition coefficient (Wildman–Crippen LogP) is 2.98. The molecule has 1 amide bonds. The van der Waals surface area contributed by atoms with Crippen molar-refractivity contribution in [2.24, 2.45) is 0 Å². The molecule has 0 aromatic heterocycles. The monoisotopic (exact) mass is 331 g/mol. The van der Waals surface area contributed by atoms with E-state index in [0.29, 0.717) is 41.7 Å². The molecular formula is C18H21NO5. The number of rotatable bonds is 8. The second-order valence-corrected chi connectivity index (χ2v) is 4.86. The molecule has 0 bridgehead atoms. The first-order valence-corrected chi connectivity index (χ1v) is 7.43. The Bertz CT molecular complexity index is 687. The van der Waals surface area contributed by atoms with Gasteiger partial charge in [-0.25, -0.2) is 0 Å². The van der Waals surface area contributed by atoms with Crippen molar-refractivity contribution in [1.82, 2.24) is 0 Å². The van der Waals surface area contributed by atoms with Crippen LogP contribution in [-0.4, -0.2) is 40.5 Å². The number of hydrogen-bond acceptors (Lipinski definition) is 5. The maximum atomic E-state index is 12.5. The maximum absolute atomic E-state index is 12.5. The van der Waals surface area contributed by atoms with Gasteiger partial charge in [-0.3, -0.25) is 4.79 Å². The number of anilines is 1. The average Bonchev–Trinajstić information content (AvgIpc) is 2.62. The lowest BCUT2D eigenvalue weighted by Gasteiger charge is -2.13. The zero-order valence-electron chi connectivity index (χ0n) is 14.0. The summed E-state index contributed by atoms with van der Waals surface area (Å²) in [4.78, 5) is 12.5. The quantitative estimate of drug-likeness (QED) is 0.753. The van der Waals surface area contributed by atoms with Gasteiger partial charge >= 0.3 is 0 Å². The van der Waals surface area contributed by atoms with Gasteiger partial charge < -0.3 is 24.3 Å². The summed E-state index contributed by atoms with van der Waals surface area (Å²) in [5, 5.41) is 2.83. The molecular weight excluding hydrogens is 310 g/mol. The van der Waals surface area contributed by atoms with Crippen LogP contribution in [0.2, 0.25) is 0 Å². The molecule has 0 unspecified atom stereocenters. The van der Waals surface area contributed by atoms with Crippen LogP contribution < -0.4 is 19.5 Å². The molecule has 0 aliphatic rings. The van der Waals surface area contributed by atoms with Gasteiger partial charge in [0.05, 0.1) is 26.4 Å². The summed E-state index contributed by atoms with van der Waals surface area (Å²) >= 11 is 0. The number of methoxy groups -OCH3 is 3.